The smallest absolute Gasteiger partial charge is 0.343 e. The van der Waals surface area contributed by atoms with Gasteiger partial charge in [0.25, 0.3) is 0 Å². The maximum atomic E-state index is 12.4. The van der Waals surface area contributed by atoms with Gasteiger partial charge in [-0.1, -0.05) is 18.2 Å². The van der Waals surface area contributed by atoms with Crippen molar-refractivity contribution in [2.24, 2.45) is 0 Å². The van der Waals surface area contributed by atoms with Gasteiger partial charge in [-0.15, -0.1) is 0 Å². The van der Waals surface area contributed by atoms with Crippen LogP contribution >= 0.6 is 0 Å². The molecule has 0 aliphatic carbocycles. The zero-order chi connectivity index (χ0) is 22.5. The number of likely N-dealkylation sites (N-methyl/N-ethyl adjacent to an activating group) is 1. The molecule has 1 aliphatic heterocycles. The number of para-hydroxylation sites is 1. The van der Waals surface area contributed by atoms with Gasteiger partial charge in [-0.2, -0.15) is 4.98 Å². The van der Waals surface area contributed by atoms with Crippen molar-refractivity contribution in [2.45, 2.75) is 19.9 Å². The molecule has 8 heteroatoms. The van der Waals surface area contributed by atoms with E-state index in [1.165, 1.54) is 17.3 Å². The van der Waals surface area contributed by atoms with Crippen molar-refractivity contribution in [1.82, 2.24) is 14.9 Å². The molecular formula is C24H27N5O3. The lowest BCUT2D eigenvalue weighted by Crippen LogP contribution is -2.26. The number of hydrogen-bond acceptors (Lipinski definition) is 8. The summed E-state index contributed by atoms with van der Waals surface area (Å²) in [5.74, 6) is 0.957. The summed E-state index contributed by atoms with van der Waals surface area (Å²) in [6, 6.07) is 13.7. The molecule has 2 aromatic carbocycles. The summed E-state index contributed by atoms with van der Waals surface area (Å²) in [4.78, 5) is 23.6. The number of ether oxygens (including phenoxy) is 2. The van der Waals surface area contributed by atoms with E-state index in [1.54, 1.807) is 14.0 Å². The molecule has 2 heterocycles. The fraction of sp³-hybridized carbons (Fsp3) is 0.292. The highest BCUT2D eigenvalue weighted by Gasteiger charge is 2.19. The molecule has 3 aromatic rings. The molecule has 4 rings (SSSR count). The number of nitrogens with one attached hydrogen (secondary N) is 2. The quantitative estimate of drug-likeness (QED) is 0.538. The van der Waals surface area contributed by atoms with Crippen molar-refractivity contribution in [3.63, 3.8) is 0 Å². The van der Waals surface area contributed by atoms with Crippen LogP contribution in [0.4, 0.5) is 23.1 Å². The second kappa shape index (κ2) is 9.65. The molecule has 0 bridgehead atoms. The SMILES string of the molecule is CCOC(=O)c1cnc(Nc2cc3c(cc2OC)CCN(C)C3)nc1Nc1ccccc1. The fourth-order valence-electron chi connectivity index (χ4n) is 3.67. The number of fused-ring (bicyclic) bond motifs is 1. The van der Waals surface area contributed by atoms with E-state index in [9.17, 15) is 4.79 Å². The van der Waals surface area contributed by atoms with Crippen LogP contribution < -0.4 is 15.4 Å². The molecular weight excluding hydrogens is 406 g/mol. The van der Waals surface area contributed by atoms with Crippen LogP contribution in [-0.2, 0) is 17.7 Å². The van der Waals surface area contributed by atoms with Crippen LogP contribution in [0.3, 0.4) is 0 Å². The highest BCUT2D eigenvalue weighted by atomic mass is 16.5. The molecule has 0 fully saturated rings. The van der Waals surface area contributed by atoms with Gasteiger partial charge in [0.2, 0.25) is 5.95 Å². The van der Waals surface area contributed by atoms with E-state index in [0.717, 1.165) is 36.6 Å². The summed E-state index contributed by atoms with van der Waals surface area (Å²) in [6.07, 6.45) is 2.45. The number of carbonyl (C=O) groups is 1. The van der Waals surface area contributed by atoms with Crippen molar-refractivity contribution in [3.05, 3.63) is 65.4 Å². The van der Waals surface area contributed by atoms with Gasteiger partial charge in [0.05, 0.1) is 19.4 Å². The Bertz CT molecular complexity index is 1100. The number of rotatable bonds is 7. The Hall–Kier alpha value is -3.65. The van der Waals surface area contributed by atoms with Crippen LogP contribution in [0.2, 0.25) is 0 Å². The minimum Gasteiger partial charge on any atom is -0.495 e. The Morgan fingerprint density at radius 1 is 1.16 bits per heavy atom. The number of aromatic nitrogens is 2. The predicted molar refractivity (Wildman–Crippen MR) is 124 cm³/mol. The van der Waals surface area contributed by atoms with Crippen molar-refractivity contribution in [2.75, 3.05) is 37.9 Å². The molecule has 0 amide bonds. The van der Waals surface area contributed by atoms with Gasteiger partial charge in [0, 0.05) is 25.0 Å². The number of methoxy groups -OCH3 is 1. The molecule has 0 spiro atoms. The monoisotopic (exact) mass is 433 g/mol. The van der Waals surface area contributed by atoms with Crippen LogP contribution in [0.15, 0.2) is 48.7 Å². The molecule has 0 saturated heterocycles. The molecule has 1 aliphatic rings. The van der Waals surface area contributed by atoms with Gasteiger partial charge in [0.15, 0.2) is 5.82 Å². The first-order chi connectivity index (χ1) is 15.6. The highest BCUT2D eigenvalue weighted by Crippen LogP contribution is 2.33. The number of anilines is 4. The van der Waals surface area contributed by atoms with Gasteiger partial charge in [0.1, 0.15) is 11.3 Å². The number of nitrogens with zero attached hydrogens (tertiary/aromatic N) is 3. The van der Waals surface area contributed by atoms with E-state index < -0.39 is 5.97 Å². The Morgan fingerprint density at radius 2 is 1.97 bits per heavy atom. The second-order valence-corrected chi connectivity index (χ2v) is 7.60. The average Bonchev–Trinajstić information content (AvgIpc) is 2.79. The zero-order valence-electron chi connectivity index (χ0n) is 18.5. The van der Waals surface area contributed by atoms with E-state index in [4.69, 9.17) is 9.47 Å². The predicted octanol–water partition coefficient (Wildman–Crippen LogP) is 4.14. The molecule has 166 valence electrons. The summed E-state index contributed by atoms with van der Waals surface area (Å²) < 4.78 is 10.8. The molecule has 0 unspecified atom stereocenters. The lowest BCUT2D eigenvalue weighted by molar-refractivity contribution is 0.0526. The summed E-state index contributed by atoms with van der Waals surface area (Å²) in [5, 5.41) is 6.45. The Morgan fingerprint density at radius 3 is 2.72 bits per heavy atom. The Balaban J connectivity index is 1.67. The first kappa shape index (κ1) is 21.6. The molecule has 1 aromatic heterocycles. The molecule has 0 atom stereocenters. The van der Waals surface area contributed by atoms with E-state index >= 15 is 0 Å². The van der Waals surface area contributed by atoms with Gasteiger partial charge in [-0.3, -0.25) is 0 Å². The standard InChI is InChI=1S/C24H27N5O3/c1-4-32-23(30)19-14-25-24(28-22(19)26-18-8-6-5-7-9-18)27-20-12-17-15-29(2)11-10-16(17)13-21(20)31-3/h5-9,12-14H,4,10-11,15H2,1-3H3,(H2,25,26,27,28). The van der Waals surface area contributed by atoms with E-state index in [2.05, 4.69) is 44.7 Å². The first-order valence-corrected chi connectivity index (χ1v) is 10.6. The summed E-state index contributed by atoms with van der Waals surface area (Å²) in [5.41, 5.74) is 4.37. The summed E-state index contributed by atoms with van der Waals surface area (Å²) in [7, 11) is 3.76. The van der Waals surface area contributed by atoms with E-state index in [1.807, 2.05) is 30.3 Å². The lowest BCUT2D eigenvalue weighted by atomic mass is 9.99. The molecule has 32 heavy (non-hydrogen) atoms. The number of carbonyl (C=O) groups excluding carboxylic acids is 1. The van der Waals surface area contributed by atoms with Crippen LogP contribution in [0.1, 0.15) is 28.4 Å². The molecule has 0 radical (unpaired) electrons. The Kier molecular flexibility index (Phi) is 6.51. The summed E-state index contributed by atoms with van der Waals surface area (Å²) in [6.45, 7) is 3.93. The van der Waals surface area contributed by atoms with Crippen molar-refractivity contribution in [3.8, 4) is 5.75 Å². The largest absolute Gasteiger partial charge is 0.495 e. The van der Waals surface area contributed by atoms with Gasteiger partial charge in [-0.25, -0.2) is 9.78 Å². The molecule has 0 saturated carbocycles. The normalized spacial score (nSPS) is 13.2. The van der Waals surface area contributed by atoms with Crippen LogP contribution in [0.25, 0.3) is 0 Å². The maximum absolute atomic E-state index is 12.4. The van der Waals surface area contributed by atoms with Crippen LogP contribution in [0.5, 0.6) is 5.75 Å². The van der Waals surface area contributed by atoms with Gasteiger partial charge < -0.3 is 25.0 Å². The number of hydrogen-bond donors (Lipinski definition) is 2. The second-order valence-electron chi connectivity index (χ2n) is 7.60. The first-order valence-electron chi connectivity index (χ1n) is 10.6. The lowest BCUT2D eigenvalue weighted by Gasteiger charge is -2.26. The maximum Gasteiger partial charge on any atom is 0.343 e. The summed E-state index contributed by atoms with van der Waals surface area (Å²) >= 11 is 0. The van der Waals surface area contributed by atoms with Gasteiger partial charge >= 0.3 is 5.97 Å². The minimum absolute atomic E-state index is 0.264. The fourth-order valence-corrected chi connectivity index (χ4v) is 3.67. The van der Waals surface area contributed by atoms with Crippen molar-refractivity contribution < 1.29 is 14.3 Å². The molecule has 8 nitrogen and oxygen atoms in total. The van der Waals surface area contributed by atoms with Crippen LogP contribution in [-0.4, -0.2) is 48.1 Å². The van der Waals surface area contributed by atoms with E-state index in [-0.39, 0.29) is 12.2 Å². The van der Waals surface area contributed by atoms with Crippen molar-refractivity contribution >= 4 is 29.1 Å². The third-order valence-electron chi connectivity index (χ3n) is 5.29. The minimum atomic E-state index is -0.480. The third kappa shape index (κ3) is 4.81. The van der Waals surface area contributed by atoms with Crippen LogP contribution in [0, 0.1) is 0 Å². The van der Waals surface area contributed by atoms with Gasteiger partial charge in [-0.05, 0) is 55.8 Å². The topological polar surface area (TPSA) is 88.6 Å². The highest BCUT2D eigenvalue weighted by molar-refractivity contribution is 5.95. The number of benzene rings is 2. The molecule has 2 N–H and O–H groups in total. The van der Waals surface area contributed by atoms with Crippen molar-refractivity contribution in [1.29, 1.82) is 0 Å². The average molecular weight is 434 g/mol. The van der Waals surface area contributed by atoms with E-state index in [0.29, 0.717) is 11.8 Å². The zero-order valence-corrected chi connectivity index (χ0v) is 18.5. The third-order valence-corrected chi connectivity index (χ3v) is 5.29. The Labute approximate surface area is 187 Å². The number of esters is 1.